The van der Waals surface area contributed by atoms with Gasteiger partial charge in [-0.15, -0.1) is 0 Å². The van der Waals surface area contributed by atoms with Gasteiger partial charge in [-0.3, -0.25) is 0 Å². The molecule has 0 atom stereocenters. The first-order valence-corrected chi connectivity index (χ1v) is 6.14. The quantitative estimate of drug-likeness (QED) is 0.863. The van der Waals surface area contributed by atoms with E-state index in [-0.39, 0.29) is 5.54 Å². The fraction of sp³-hybridized carbons (Fsp3) is 0.571. The summed E-state index contributed by atoms with van der Waals surface area (Å²) in [4.78, 5) is 0. The zero-order valence-electron chi connectivity index (χ0n) is 11.8. The lowest BCUT2D eigenvalue weighted by molar-refractivity contribution is 0.0804. The first-order chi connectivity index (χ1) is 8.81. The van der Waals surface area contributed by atoms with Crippen LogP contribution in [0.1, 0.15) is 26.3 Å². The predicted molar refractivity (Wildman–Crippen MR) is 71.1 cm³/mol. The van der Waals surface area contributed by atoms with Crippen molar-refractivity contribution >= 4 is 0 Å². The molecule has 19 heavy (non-hydrogen) atoms. The summed E-state index contributed by atoms with van der Waals surface area (Å²) in [5, 5.41) is 3.32. The molecule has 0 amide bonds. The molecule has 1 rings (SSSR count). The van der Waals surface area contributed by atoms with Crippen LogP contribution in [0.5, 0.6) is 11.5 Å². The highest BCUT2D eigenvalue weighted by Crippen LogP contribution is 2.28. The van der Waals surface area contributed by atoms with Gasteiger partial charge >= 0.3 is 0 Å². The molecule has 1 aromatic rings. The van der Waals surface area contributed by atoms with Crippen LogP contribution in [0, 0.1) is 0 Å². The summed E-state index contributed by atoms with van der Waals surface area (Å²) in [6.07, 6.45) is -2.50. The average molecular weight is 273 g/mol. The average Bonchev–Trinajstić information content (AvgIpc) is 2.33. The molecule has 0 aliphatic heterocycles. The summed E-state index contributed by atoms with van der Waals surface area (Å²) in [6.45, 7) is 6.19. The van der Waals surface area contributed by atoms with Gasteiger partial charge in [-0.2, -0.15) is 0 Å². The van der Waals surface area contributed by atoms with E-state index in [1.54, 1.807) is 12.1 Å². The number of halogens is 2. The van der Waals surface area contributed by atoms with E-state index in [2.05, 4.69) is 26.1 Å². The number of ether oxygens (including phenoxy) is 2. The topological polar surface area (TPSA) is 30.5 Å². The Kier molecular flexibility index (Phi) is 5.54. The van der Waals surface area contributed by atoms with Crippen molar-refractivity contribution in [2.75, 3.05) is 13.7 Å². The zero-order chi connectivity index (χ0) is 14.5. The zero-order valence-corrected chi connectivity index (χ0v) is 11.8. The van der Waals surface area contributed by atoms with E-state index in [4.69, 9.17) is 9.47 Å². The molecule has 0 aliphatic carbocycles. The van der Waals surface area contributed by atoms with E-state index in [9.17, 15) is 8.78 Å². The highest BCUT2D eigenvalue weighted by Gasteiger charge is 2.12. The van der Waals surface area contributed by atoms with E-state index in [1.807, 2.05) is 6.07 Å². The second-order valence-electron chi connectivity index (χ2n) is 5.29. The van der Waals surface area contributed by atoms with E-state index in [0.29, 0.717) is 18.0 Å². The van der Waals surface area contributed by atoms with Gasteiger partial charge in [-0.1, -0.05) is 6.07 Å². The lowest BCUT2D eigenvalue weighted by Gasteiger charge is -2.21. The standard InChI is InChI=1S/C14H21F2NO2/c1-14(2,3)17-8-10-5-6-11(18-4)12(7-10)19-9-13(15)16/h5-7,13,17H,8-9H2,1-4H3. The van der Waals surface area contributed by atoms with Crippen molar-refractivity contribution in [3.63, 3.8) is 0 Å². The van der Waals surface area contributed by atoms with E-state index in [1.165, 1.54) is 7.11 Å². The molecule has 0 spiro atoms. The molecule has 0 aliphatic rings. The van der Waals surface area contributed by atoms with Crippen molar-refractivity contribution in [2.24, 2.45) is 0 Å². The van der Waals surface area contributed by atoms with Gasteiger partial charge in [0.15, 0.2) is 11.5 Å². The van der Waals surface area contributed by atoms with Crippen molar-refractivity contribution in [2.45, 2.75) is 39.3 Å². The maximum atomic E-state index is 12.2. The summed E-state index contributed by atoms with van der Waals surface area (Å²) in [5.74, 6) is 0.802. The van der Waals surface area contributed by atoms with Crippen LogP contribution in [-0.4, -0.2) is 25.7 Å². The van der Waals surface area contributed by atoms with E-state index in [0.717, 1.165) is 5.56 Å². The Hall–Kier alpha value is -1.36. The summed E-state index contributed by atoms with van der Waals surface area (Å²) >= 11 is 0. The van der Waals surface area contributed by atoms with Gasteiger partial charge in [-0.05, 0) is 38.5 Å². The Balaban J connectivity index is 2.76. The molecule has 0 unspecified atom stereocenters. The highest BCUT2D eigenvalue weighted by molar-refractivity contribution is 5.43. The van der Waals surface area contributed by atoms with Crippen LogP contribution >= 0.6 is 0 Å². The van der Waals surface area contributed by atoms with Crippen molar-refractivity contribution in [3.8, 4) is 11.5 Å². The van der Waals surface area contributed by atoms with Crippen LogP contribution < -0.4 is 14.8 Å². The van der Waals surface area contributed by atoms with E-state index < -0.39 is 13.0 Å². The molecule has 1 N–H and O–H groups in total. The lowest BCUT2D eigenvalue weighted by Crippen LogP contribution is -2.35. The summed E-state index contributed by atoms with van der Waals surface area (Å²) in [7, 11) is 1.48. The first-order valence-electron chi connectivity index (χ1n) is 6.14. The van der Waals surface area contributed by atoms with Gasteiger partial charge < -0.3 is 14.8 Å². The minimum Gasteiger partial charge on any atom is -0.493 e. The Morgan fingerprint density at radius 2 is 1.89 bits per heavy atom. The summed E-state index contributed by atoms with van der Waals surface area (Å²) < 4.78 is 34.5. The van der Waals surface area contributed by atoms with Gasteiger partial charge in [0.2, 0.25) is 0 Å². The normalized spacial score (nSPS) is 11.7. The predicted octanol–water partition coefficient (Wildman–Crippen LogP) is 3.23. The third-order valence-electron chi connectivity index (χ3n) is 2.42. The fourth-order valence-corrected chi connectivity index (χ4v) is 1.46. The van der Waals surface area contributed by atoms with Gasteiger partial charge in [0.1, 0.15) is 6.61 Å². The van der Waals surface area contributed by atoms with Crippen LogP contribution in [0.2, 0.25) is 0 Å². The minimum atomic E-state index is -2.50. The van der Waals surface area contributed by atoms with Crippen molar-refractivity contribution in [3.05, 3.63) is 23.8 Å². The van der Waals surface area contributed by atoms with Crippen molar-refractivity contribution in [1.82, 2.24) is 5.32 Å². The number of alkyl halides is 2. The van der Waals surface area contributed by atoms with Crippen LogP contribution in [0.4, 0.5) is 8.78 Å². The maximum Gasteiger partial charge on any atom is 0.272 e. The Labute approximate surface area is 112 Å². The number of hydrogen-bond acceptors (Lipinski definition) is 3. The molecule has 0 aromatic heterocycles. The molecule has 3 nitrogen and oxygen atoms in total. The molecule has 0 bridgehead atoms. The number of rotatable bonds is 6. The lowest BCUT2D eigenvalue weighted by atomic mass is 10.1. The van der Waals surface area contributed by atoms with Crippen molar-refractivity contribution in [1.29, 1.82) is 0 Å². The maximum absolute atomic E-state index is 12.2. The molecule has 0 fully saturated rings. The second kappa shape index (κ2) is 6.70. The van der Waals surface area contributed by atoms with E-state index >= 15 is 0 Å². The number of benzene rings is 1. The van der Waals surface area contributed by atoms with Gasteiger partial charge in [0.05, 0.1) is 7.11 Å². The number of nitrogens with one attached hydrogen (secondary N) is 1. The number of methoxy groups -OCH3 is 1. The SMILES string of the molecule is COc1ccc(CNC(C)(C)C)cc1OCC(F)F. The monoisotopic (exact) mass is 273 g/mol. The molecule has 0 saturated heterocycles. The summed E-state index contributed by atoms with van der Waals surface area (Å²) in [6, 6.07) is 5.33. The van der Waals surface area contributed by atoms with Crippen molar-refractivity contribution < 1.29 is 18.3 Å². The second-order valence-corrected chi connectivity index (χ2v) is 5.29. The smallest absolute Gasteiger partial charge is 0.272 e. The molecule has 108 valence electrons. The largest absolute Gasteiger partial charge is 0.493 e. The molecular weight excluding hydrogens is 252 g/mol. The van der Waals surface area contributed by atoms with Crippen LogP contribution in [0.3, 0.4) is 0 Å². The molecular formula is C14H21F2NO2. The van der Waals surface area contributed by atoms with Gasteiger partial charge in [0.25, 0.3) is 6.43 Å². The van der Waals surface area contributed by atoms with Gasteiger partial charge in [0, 0.05) is 12.1 Å². The minimum absolute atomic E-state index is 0.01000. The Morgan fingerprint density at radius 3 is 2.42 bits per heavy atom. The molecule has 1 aromatic carbocycles. The molecule has 0 saturated carbocycles. The van der Waals surface area contributed by atoms with Crippen LogP contribution in [-0.2, 0) is 6.54 Å². The molecule has 0 radical (unpaired) electrons. The Morgan fingerprint density at radius 1 is 1.21 bits per heavy atom. The summed E-state index contributed by atoms with van der Waals surface area (Å²) in [5.41, 5.74) is 0.948. The molecule has 0 heterocycles. The van der Waals surface area contributed by atoms with Crippen LogP contribution in [0.25, 0.3) is 0 Å². The first kappa shape index (κ1) is 15.7. The fourth-order valence-electron chi connectivity index (χ4n) is 1.46. The Bertz CT molecular complexity index is 403. The van der Waals surface area contributed by atoms with Gasteiger partial charge in [-0.25, -0.2) is 8.78 Å². The number of hydrogen-bond donors (Lipinski definition) is 1. The third-order valence-corrected chi connectivity index (χ3v) is 2.42. The molecule has 5 heteroatoms. The van der Waals surface area contributed by atoms with Crippen LogP contribution in [0.15, 0.2) is 18.2 Å². The third kappa shape index (κ3) is 5.87. The highest BCUT2D eigenvalue weighted by atomic mass is 19.3.